The normalized spacial score (nSPS) is 13.5. The zero-order chi connectivity index (χ0) is 52.0. The molecule has 0 aliphatic rings. The first kappa shape index (κ1) is 67.2. The molecule has 0 aromatic heterocycles. The molecule has 1 N–H and O–H groups in total. The van der Waals surface area contributed by atoms with E-state index in [-0.39, 0.29) is 32.2 Å². The second-order valence-corrected chi connectivity index (χ2v) is 19.9. The third kappa shape index (κ3) is 53.8. The standard InChI is InChI=1S/C62H105NO8/c1-6-8-10-12-14-16-18-20-22-24-25-26-27-28-29-30-31-32-33-34-35-37-39-41-43-45-47-49-51-53-60(65)71-58(57-70-62(61(66)67)68-55-54-63(3,4)5)56-69-59(64)52-50-48-46-44-42-40-38-36-23-21-19-17-15-13-11-9-7-2/h8,10,14,16,20,22,25-26,28-29,31-32,34-35,39,41,58,62H,6-7,9,11-13,15,17-19,21,23-24,27,30,33,36-38,40,42-57H2,1-5H3/p+1/b10-8-,16-14-,22-20-,26-25-,29-28-,32-31-,35-34-,41-39-. The summed E-state index contributed by atoms with van der Waals surface area (Å²) in [4.78, 5) is 37.4. The number of carbonyl (C=O) groups is 3. The van der Waals surface area contributed by atoms with E-state index in [1.54, 1.807) is 0 Å². The maximum Gasteiger partial charge on any atom is 0.361 e. The van der Waals surface area contributed by atoms with Crippen molar-refractivity contribution in [3.8, 4) is 0 Å². The summed E-state index contributed by atoms with van der Waals surface area (Å²) in [5.41, 5.74) is 0. The molecule has 0 aliphatic carbocycles. The Labute approximate surface area is 435 Å². The van der Waals surface area contributed by atoms with Gasteiger partial charge in [0.05, 0.1) is 34.4 Å². The summed E-state index contributed by atoms with van der Waals surface area (Å²) in [5, 5.41) is 9.69. The molecule has 2 unspecified atom stereocenters. The van der Waals surface area contributed by atoms with Crippen LogP contribution in [-0.2, 0) is 33.3 Å². The van der Waals surface area contributed by atoms with Crippen LogP contribution >= 0.6 is 0 Å². The number of hydrogen-bond donors (Lipinski definition) is 1. The van der Waals surface area contributed by atoms with Crippen molar-refractivity contribution in [1.29, 1.82) is 0 Å². The molecule has 9 nitrogen and oxygen atoms in total. The number of rotatable bonds is 51. The third-order valence-electron chi connectivity index (χ3n) is 11.9. The van der Waals surface area contributed by atoms with E-state index < -0.39 is 24.3 Å². The van der Waals surface area contributed by atoms with Gasteiger partial charge in [0.25, 0.3) is 6.29 Å². The maximum absolute atomic E-state index is 12.9. The number of carboxylic acid groups (broad SMARTS) is 1. The molecular formula is C62H106NO8+. The summed E-state index contributed by atoms with van der Waals surface area (Å²) in [6.07, 6.45) is 67.6. The fraction of sp³-hybridized carbons (Fsp3) is 0.694. The second-order valence-electron chi connectivity index (χ2n) is 19.9. The lowest BCUT2D eigenvalue weighted by Gasteiger charge is -2.25. The minimum atomic E-state index is -1.52. The van der Waals surface area contributed by atoms with Crippen molar-refractivity contribution >= 4 is 17.9 Å². The Hall–Kier alpha value is -3.79. The van der Waals surface area contributed by atoms with Gasteiger partial charge in [-0.1, -0.05) is 227 Å². The van der Waals surface area contributed by atoms with Crippen molar-refractivity contribution in [2.24, 2.45) is 0 Å². The lowest BCUT2D eigenvalue weighted by atomic mass is 10.0. The highest BCUT2D eigenvalue weighted by atomic mass is 16.7. The Balaban J connectivity index is 4.35. The van der Waals surface area contributed by atoms with Crippen molar-refractivity contribution in [3.05, 3.63) is 97.2 Å². The van der Waals surface area contributed by atoms with Crippen molar-refractivity contribution in [1.82, 2.24) is 0 Å². The van der Waals surface area contributed by atoms with E-state index >= 15 is 0 Å². The molecule has 0 rings (SSSR count). The Morgan fingerprint density at radius 3 is 1.20 bits per heavy atom. The van der Waals surface area contributed by atoms with E-state index in [4.69, 9.17) is 18.9 Å². The Bertz CT molecular complexity index is 1480. The first-order valence-electron chi connectivity index (χ1n) is 28.4. The van der Waals surface area contributed by atoms with Crippen molar-refractivity contribution in [2.75, 3.05) is 47.5 Å². The fourth-order valence-corrected chi connectivity index (χ4v) is 7.50. The number of ether oxygens (including phenoxy) is 4. The van der Waals surface area contributed by atoms with Gasteiger partial charge in [-0.25, -0.2) is 4.79 Å². The molecule has 0 heterocycles. The molecule has 406 valence electrons. The van der Waals surface area contributed by atoms with Crippen LogP contribution in [0, 0.1) is 0 Å². The lowest BCUT2D eigenvalue weighted by Crippen LogP contribution is -2.40. The molecule has 0 aromatic rings. The van der Waals surface area contributed by atoms with E-state index in [0.29, 0.717) is 23.9 Å². The second kappa shape index (κ2) is 52.5. The molecule has 0 radical (unpaired) electrons. The van der Waals surface area contributed by atoms with Gasteiger partial charge in [-0.15, -0.1) is 0 Å². The van der Waals surface area contributed by atoms with Crippen LogP contribution in [-0.4, -0.2) is 87.4 Å². The SMILES string of the molecule is CC/C=C\C/C=C\C/C=C\C/C=C\C/C=C\C/C=C\C/C=C\C/C=C\CCCCCCC(=O)OC(COC(=O)CCCCCCCCCCCCCCCCCCC)COC(OCC[N+](C)(C)C)C(=O)O. The molecule has 9 heteroatoms. The molecule has 0 aliphatic heterocycles. The van der Waals surface area contributed by atoms with E-state index in [9.17, 15) is 19.5 Å². The molecule has 0 bridgehead atoms. The van der Waals surface area contributed by atoms with Crippen molar-refractivity contribution in [2.45, 2.75) is 232 Å². The topological polar surface area (TPSA) is 108 Å². The Morgan fingerprint density at radius 2 is 0.803 bits per heavy atom. The number of carbonyl (C=O) groups excluding carboxylic acids is 2. The summed E-state index contributed by atoms with van der Waals surface area (Å²) in [5.74, 6) is -2.04. The van der Waals surface area contributed by atoms with Gasteiger partial charge in [0.2, 0.25) is 0 Å². The van der Waals surface area contributed by atoms with E-state index in [1.165, 1.54) is 89.9 Å². The predicted octanol–water partition coefficient (Wildman–Crippen LogP) is 16.6. The number of likely N-dealkylation sites (N-methyl/N-ethyl adjacent to an activating group) is 1. The van der Waals surface area contributed by atoms with Gasteiger partial charge in [-0.3, -0.25) is 9.59 Å². The molecule has 71 heavy (non-hydrogen) atoms. The first-order valence-corrected chi connectivity index (χ1v) is 28.4. The lowest BCUT2D eigenvalue weighted by molar-refractivity contribution is -0.870. The number of hydrogen-bond acceptors (Lipinski definition) is 7. The summed E-state index contributed by atoms with van der Waals surface area (Å²) in [6.45, 7) is 4.73. The van der Waals surface area contributed by atoms with Crippen LogP contribution < -0.4 is 0 Å². The predicted molar refractivity (Wildman–Crippen MR) is 299 cm³/mol. The van der Waals surface area contributed by atoms with Gasteiger partial charge in [-0.05, 0) is 77.0 Å². The zero-order valence-corrected chi connectivity index (χ0v) is 46.1. The van der Waals surface area contributed by atoms with Crippen molar-refractivity contribution in [3.63, 3.8) is 0 Å². The number of esters is 2. The van der Waals surface area contributed by atoms with Gasteiger partial charge >= 0.3 is 17.9 Å². The van der Waals surface area contributed by atoms with Crippen LogP contribution in [0.5, 0.6) is 0 Å². The highest BCUT2D eigenvalue weighted by Gasteiger charge is 2.25. The van der Waals surface area contributed by atoms with E-state index in [1.807, 2.05) is 21.1 Å². The molecule has 0 aromatic carbocycles. The molecule has 0 fully saturated rings. The van der Waals surface area contributed by atoms with Gasteiger partial charge < -0.3 is 28.5 Å². The van der Waals surface area contributed by atoms with E-state index in [0.717, 1.165) is 96.3 Å². The maximum atomic E-state index is 12.9. The minimum Gasteiger partial charge on any atom is -0.477 e. The minimum absolute atomic E-state index is 0.178. The quantitative estimate of drug-likeness (QED) is 0.0211. The number of allylic oxidation sites excluding steroid dienone is 16. The molecule has 2 atom stereocenters. The van der Waals surface area contributed by atoms with Crippen LogP contribution in [0.1, 0.15) is 219 Å². The van der Waals surface area contributed by atoms with Crippen LogP contribution in [0.2, 0.25) is 0 Å². The highest BCUT2D eigenvalue weighted by Crippen LogP contribution is 2.15. The molecule has 0 amide bonds. The average molecular weight is 994 g/mol. The molecular weight excluding hydrogens is 887 g/mol. The first-order chi connectivity index (χ1) is 34.6. The summed E-state index contributed by atoms with van der Waals surface area (Å²) in [7, 11) is 5.95. The Morgan fingerprint density at radius 1 is 0.437 bits per heavy atom. The highest BCUT2D eigenvalue weighted by molar-refractivity contribution is 5.71. The Kier molecular flexibility index (Phi) is 49.7. The van der Waals surface area contributed by atoms with Gasteiger partial charge in [0, 0.05) is 12.8 Å². The zero-order valence-electron chi connectivity index (χ0n) is 46.1. The summed E-state index contributed by atoms with van der Waals surface area (Å²) < 4.78 is 22.8. The largest absolute Gasteiger partial charge is 0.477 e. The smallest absolute Gasteiger partial charge is 0.361 e. The number of aliphatic carboxylic acids is 1. The molecule has 0 spiro atoms. The van der Waals surface area contributed by atoms with Gasteiger partial charge in [0.1, 0.15) is 13.2 Å². The summed E-state index contributed by atoms with van der Waals surface area (Å²) >= 11 is 0. The van der Waals surface area contributed by atoms with Crippen LogP contribution in [0.4, 0.5) is 0 Å². The van der Waals surface area contributed by atoms with Crippen LogP contribution in [0.15, 0.2) is 97.2 Å². The molecule has 0 saturated heterocycles. The number of nitrogens with zero attached hydrogens (tertiary/aromatic N) is 1. The van der Waals surface area contributed by atoms with Crippen LogP contribution in [0.3, 0.4) is 0 Å². The van der Waals surface area contributed by atoms with Crippen LogP contribution in [0.25, 0.3) is 0 Å². The number of unbranched alkanes of at least 4 members (excludes halogenated alkanes) is 20. The third-order valence-corrected chi connectivity index (χ3v) is 11.9. The molecule has 0 saturated carbocycles. The number of quaternary nitrogens is 1. The van der Waals surface area contributed by atoms with Gasteiger partial charge in [-0.2, -0.15) is 0 Å². The van der Waals surface area contributed by atoms with E-state index in [2.05, 4.69) is 111 Å². The van der Waals surface area contributed by atoms with Gasteiger partial charge in [0.15, 0.2) is 6.10 Å². The fourth-order valence-electron chi connectivity index (χ4n) is 7.50. The summed E-state index contributed by atoms with van der Waals surface area (Å²) in [6, 6.07) is 0. The van der Waals surface area contributed by atoms with Crippen molar-refractivity contribution < 1.29 is 42.9 Å². The monoisotopic (exact) mass is 993 g/mol. The average Bonchev–Trinajstić information content (AvgIpc) is 3.34. The number of carboxylic acids is 1.